The van der Waals surface area contributed by atoms with Gasteiger partial charge in [-0.2, -0.15) is 0 Å². The Kier molecular flexibility index (Phi) is 5.25. The molecule has 0 aliphatic rings. The van der Waals surface area contributed by atoms with Gasteiger partial charge in [-0.05, 0) is 31.3 Å². The van der Waals surface area contributed by atoms with Crippen molar-refractivity contribution in [1.82, 2.24) is 25.7 Å². The summed E-state index contributed by atoms with van der Waals surface area (Å²) in [5.41, 5.74) is 8.02. The summed E-state index contributed by atoms with van der Waals surface area (Å²) in [6.45, 7) is 2.75. The second kappa shape index (κ2) is 7.76. The Bertz CT molecular complexity index is 891. The Hall–Kier alpha value is -2.93. The third-order valence-electron chi connectivity index (χ3n) is 3.64. The van der Waals surface area contributed by atoms with Crippen LogP contribution in [0.2, 0.25) is 0 Å². The molecule has 3 N–H and O–H groups in total. The van der Waals surface area contributed by atoms with Crippen molar-refractivity contribution in [3.63, 3.8) is 0 Å². The highest BCUT2D eigenvalue weighted by atomic mass is 32.1. The molecule has 3 rings (SSSR count). The SMILES string of the molecule is CCNC(=S)NNC(=O)Cn1c(-c2ccccc2)nc2ccccc21. The average molecular weight is 353 g/mol. The quantitative estimate of drug-likeness (QED) is 0.496. The van der Waals surface area contributed by atoms with E-state index in [0.717, 1.165) is 22.4 Å². The Morgan fingerprint density at radius 2 is 1.80 bits per heavy atom. The lowest BCUT2D eigenvalue weighted by Gasteiger charge is -2.12. The lowest BCUT2D eigenvalue weighted by Crippen LogP contribution is -2.47. The largest absolute Gasteiger partial charge is 0.362 e. The molecule has 25 heavy (non-hydrogen) atoms. The molecule has 0 spiro atoms. The van der Waals surface area contributed by atoms with Crippen molar-refractivity contribution in [2.75, 3.05) is 6.54 Å². The molecule has 0 aliphatic carbocycles. The van der Waals surface area contributed by atoms with E-state index >= 15 is 0 Å². The molecule has 0 fully saturated rings. The molecule has 0 unspecified atom stereocenters. The van der Waals surface area contributed by atoms with E-state index in [1.165, 1.54) is 0 Å². The highest BCUT2D eigenvalue weighted by molar-refractivity contribution is 7.80. The highest BCUT2D eigenvalue weighted by Gasteiger charge is 2.14. The maximum Gasteiger partial charge on any atom is 0.258 e. The van der Waals surface area contributed by atoms with Crippen LogP contribution in [-0.2, 0) is 11.3 Å². The van der Waals surface area contributed by atoms with Crippen LogP contribution in [0.1, 0.15) is 6.92 Å². The number of hydrogen-bond donors (Lipinski definition) is 3. The molecule has 0 atom stereocenters. The van der Waals surface area contributed by atoms with E-state index in [1.54, 1.807) is 0 Å². The van der Waals surface area contributed by atoms with Crippen LogP contribution in [-0.4, -0.2) is 27.1 Å². The van der Waals surface area contributed by atoms with Crippen LogP contribution in [0.5, 0.6) is 0 Å². The smallest absolute Gasteiger partial charge is 0.258 e. The van der Waals surface area contributed by atoms with Gasteiger partial charge in [0, 0.05) is 12.1 Å². The zero-order valence-corrected chi connectivity index (χ0v) is 14.6. The number of carbonyl (C=O) groups is 1. The number of para-hydroxylation sites is 2. The lowest BCUT2D eigenvalue weighted by molar-refractivity contribution is -0.122. The number of rotatable bonds is 4. The van der Waals surface area contributed by atoms with Crippen LogP contribution >= 0.6 is 12.2 Å². The van der Waals surface area contributed by atoms with Gasteiger partial charge in [-0.25, -0.2) is 4.98 Å². The molecular formula is C18H19N5OS. The second-order valence-corrected chi connectivity index (χ2v) is 5.82. The number of aromatic nitrogens is 2. The van der Waals surface area contributed by atoms with Crippen LogP contribution in [0, 0.1) is 0 Å². The Morgan fingerprint density at radius 1 is 1.08 bits per heavy atom. The van der Waals surface area contributed by atoms with Crippen molar-refractivity contribution in [2.24, 2.45) is 0 Å². The first-order valence-electron chi connectivity index (χ1n) is 8.02. The third-order valence-corrected chi connectivity index (χ3v) is 3.89. The summed E-state index contributed by atoms with van der Waals surface area (Å²) in [6, 6.07) is 17.6. The number of hydrogen-bond acceptors (Lipinski definition) is 3. The van der Waals surface area contributed by atoms with Gasteiger partial charge in [0.2, 0.25) is 0 Å². The molecule has 7 heteroatoms. The van der Waals surface area contributed by atoms with Gasteiger partial charge in [0.25, 0.3) is 5.91 Å². The van der Waals surface area contributed by atoms with Crippen molar-refractivity contribution in [3.8, 4) is 11.4 Å². The molecule has 3 aromatic rings. The van der Waals surface area contributed by atoms with E-state index in [9.17, 15) is 4.79 Å². The first-order chi connectivity index (χ1) is 12.2. The van der Waals surface area contributed by atoms with Crippen LogP contribution in [0.25, 0.3) is 22.4 Å². The van der Waals surface area contributed by atoms with Gasteiger partial charge in [-0.3, -0.25) is 15.6 Å². The number of amides is 1. The number of thiocarbonyl (C=S) groups is 1. The minimum absolute atomic E-state index is 0.131. The first kappa shape index (κ1) is 16.9. The fraction of sp³-hybridized carbons (Fsp3) is 0.167. The van der Waals surface area contributed by atoms with Crippen molar-refractivity contribution in [1.29, 1.82) is 0 Å². The molecule has 1 aromatic heterocycles. The monoisotopic (exact) mass is 353 g/mol. The Balaban J connectivity index is 1.87. The molecule has 128 valence electrons. The molecule has 2 aromatic carbocycles. The minimum Gasteiger partial charge on any atom is -0.362 e. The van der Waals surface area contributed by atoms with E-state index < -0.39 is 0 Å². The summed E-state index contributed by atoms with van der Waals surface area (Å²) in [5.74, 6) is 0.548. The third kappa shape index (κ3) is 3.95. The summed E-state index contributed by atoms with van der Waals surface area (Å²) in [6.07, 6.45) is 0. The number of imidazole rings is 1. The second-order valence-electron chi connectivity index (χ2n) is 5.41. The Labute approximate surface area is 151 Å². The van der Waals surface area contributed by atoms with E-state index in [0.29, 0.717) is 11.7 Å². The molecular weight excluding hydrogens is 334 g/mol. The summed E-state index contributed by atoms with van der Waals surface area (Å²) in [5, 5.41) is 3.30. The van der Waals surface area contributed by atoms with E-state index in [-0.39, 0.29) is 12.5 Å². The average Bonchev–Trinajstić information content (AvgIpc) is 3.00. The van der Waals surface area contributed by atoms with Gasteiger partial charge in [0.1, 0.15) is 12.4 Å². The summed E-state index contributed by atoms with van der Waals surface area (Å²) in [7, 11) is 0. The van der Waals surface area contributed by atoms with Crippen LogP contribution < -0.4 is 16.2 Å². The predicted octanol–water partition coefficient (Wildman–Crippen LogP) is 2.22. The van der Waals surface area contributed by atoms with E-state index in [1.807, 2.05) is 66.1 Å². The summed E-state index contributed by atoms with van der Waals surface area (Å²) >= 11 is 5.04. The minimum atomic E-state index is -0.208. The van der Waals surface area contributed by atoms with Crippen LogP contribution in [0.4, 0.5) is 0 Å². The first-order valence-corrected chi connectivity index (χ1v) is 8.43. The zero-order valence-electron chi connectivity index (χ0n) is 13.8. The topological polar surface area (TPSA) is 71.0 Å². The normalized spacial score (nSPS) is 10.4. The number of nitrogens with one attached hydrogen (secondary N) is 3. The van der Waals surface area contributed by atoms with Gasteiger partial charge in [-0.1, -0.05) is 42.5 Å². The Morgan fingerprint density at radius 3 is 2.56 bits per heavy atom. The summed E-state index contributed by atoms with van der Waals surface area (Å²) in [4.78, 5) is 17.0. The number of nitrogens with zero attached hydrogens (tertiary/aromatic N) is 2. The van der Waals surface area contributed by atoms with Gasteiger partial charge in [0.05, 0.1) is 11.0 Å². The van der Waals surface area contributed by atoms with Crippen LogP contribution in [0.15, 0.2) is 54.6 Å². The van der Waals surface area contributed by atoms with Crippen molar-refractivity contribution < 1.29 is 4.79 Å². The van der Waals surface area contributed by atoms with E-state index in [2.05, 4.69) is 21.2 Å². The number of carbonyl (C=O) groups excluding carboxylic acids is 1. The van der Waals surface area contributed by atoms with Gasteiger partial charge in [0.15, 0.2) is 5.11 Å². The fourth-order valence-corrected chi connectivity index (χ4v) is 2.75. The number of hydrazine groups is 1. The molecule has 0 aliphatic heterocycles. The highest BCUT2D eigenvalue weighted by Crippen LogP contribution is 2.24. The molecule has 0 radical (unpaired) electrons. The molecule has 6 nitrogen and oxygen atoms in total. The summed E-state index contributed by atoms with van der Waals surface area (Å²) < 4.78 is 1.90. The molecule has 0 saturated carbocycles. The number of benzene rings is 2. The van der Waals surface area contributed by atoms with Gasteiger partial charge < -0.3 is 9.88 Å². The van der Waals surface area contributed by atoms with Crippen molar-refractivity contribution in [3.05, 3.63) is 54.6 Å². The van der Waals surface area contributed by atoms with Crippen molar-refractivity contribution >= 4 is 34.3 Å². The standard InChI is InChI=1S/C18H19N5OS/c1-2-19-18(25)22-21-16(24)12-23-15-11-7-6-10-14(15)20-17(23)13-8-4-3-5-9-13/h3-11H,2,12H2,1H3,(H,21,24)(H2,19,22,25). The predicted molar refractivity (Wildman–Crippen MR) is 103 cm³/mol. The van der Waals surface area contributed by atoms with Gasteiger partial charge >= 0.3 is 0 Å². The zero-order chi connectivity index (χ0) is 17.6. The van der Waals surface area contributed by atoms with Crippen molar-refractivity contribution in [2.45, 2.75) is 13.5 Å². The van der Waals surface area contributed by atoms with Gasteiger partial charge in [-0.15, -0.1) is 0 Å². The lowest BCUT2D eigenvalue weighted by atomic mass is 10.2. The maximum absolute atomic E-state index is 12.3. The number of fused-ring (bicyclic) bond motifs is 1. The molecule has 1 amide bonds. The molecule has 1 heterocycles. The van der Waals surface area contributed by atoms with Crippen LogP contribution in [0.3, 0.4) is 0 Å². The maximum atomic E-state index is 12.3. The fourth-order valence-electron chi connectivity index (χ4n) is 2.56. The molecule has 0 saturated heterocycles. The van der Waals surface area contributed by atoms with E-state index in [4.69, 9.17) is 12.2 Å². The molecule has 0 bridgehead atoms.